The van der Waals surface area contributed by atoms with Crippen LogP contribution < -0.4 is 15.0 Å². The van der Waals surface area contributed by atoms with Gasteiger partial charge in [0.25, 0.3) is 0 Å². The number of pyridine rings is 1. The average Bonchev–Trinajstić information content (AvgIpc) is 3.25. The number of anilines is 1. The van der Waals surface area contributed by atoms with E-state index in [0.29, 0.717) is 5.11 Å². The van der Waals surface area contributed by atoms with Gasteiger partial charge in [-0.05, 0) is 86.4 Å². The molecular weight excluding hydrogens is 386 g/mol. The molecule has 0 amide bonds. The van der Waals surface area contributed by atoms with E-state index in [1.54, 1.807) is 11.3 Å². The van der Waals surface area contributed by atoms with Crippen molar-refractivity contribution in [2.45, 2.75) is 39.0 Å². The van der Waals surface area contributed by atoms with Crippen LogP contribution in [0.2, 0.25) is 0 Å². The zero-order valence-electron chi connectivity index (χ0n) is 16.1. The summed E-state index contributed by atoms with van der Waals surface area (Å²) in [5.74, 6) is 0.863. The molecule has 4 nitrogen and oxygen atoms in total. The van der Waals surface area contributed by atoms with E-state index in [1.807, 2.05) is 44.3 Å². The third-order valence-electron chi connectivity index (χ3n) is 4.76. The number of thiocarbonyl (C=S) groups is 1. The molecule has 3 heterocycles. The summed E-state index contributed by atoms with van der Waals surface area (Å²) < 4.78 is 5.79. The smallest absolute Gasteiger partial charge is 0.174 e. The molecule has 2 aromatic heterocycles. The highest BCUT2D eigenvalue weighted by molar-refractivity contribution is 7.80. The van der Waals surface area contributed by atoms with Crippen molar-refractivity contribution in [2.75, 3.05) is 4.90 Å². The molecule has 0 bridgehead atoms. The molecule has 0 aliphatic carbocycles. The van der Waals surface area contributed by atoms with Gasteiger partial charge in [0.15, 0.2) is 5.11 Å². The summed E-state index contributed by atoms with van der Waals surface area (Å²) in [4.78, 5) is 8.09. The first kappa shape index (κ1) is 18.9. The summed E-state index contributed by atoms with van der Waals surface area (Å²) in [5.41, 5.74) is 3.31. The van der Waals surface area contributed by atoms with Gasteiger partial charge in [-0.3, -0.25) is 4.98 Å². The monoisotopic (exact) mass is 409 g/mol. The summed E-state index contributed by atoms with van der Waals surface area (Å²) >= 11 is 7.52. The van der Waals surface area contributed by atoms with E-state index >= 15 is 0 Å². The van der Waals surface area contributed by atoms with Crippen LogP contribution in [0.4, 0.5) is 5.69 Å². The number of thiophene rings is 1. The summed E-state index contributed by atoms with van der Waals surface area (Å²) in [6, 6.07) is 16.4. The highest BCUT2D eigenvalue weighted by atomic mass is 32.1. The Hall–Kier alpha value is -2.44. The molecule has 6 heteroatoms. The minimum Gasteiger partial charge on any atom is -0.491 e. The number of ether oxygens (including phenoxy) is 1. The summed E-state index contributed by atoms with van der Waals surface area (Å²) in [7, 11) is 0. The highest BCUT2D eigenvalue weighted by Gasteiger charge is 2.41. The zero-order valence-corrected chi connectivity index (χ0v) is 17.8. The largest absolute Gasteiger partial charge is 0.491 e. The summed E-state index contributed by atoms with van der Waals surface area (Å²) in [5, 5.41) is 6.35. The first-order chi connectivity index (χ1) is 13.5. The molecule has 4 rings (SSSR count). The van der Waals surface area contributed by atoms with E-state index in [4.69, 9.17) is 17.0 Å². The second-order valence-corrected chi connectivity index (χ2v) is 8.46. The van der Waals surface area contributed by atoms with Crippen molar-refractivity contribution in [2.24, 2.45) is 0 Å². The fraction of sp³-hybridized carbons (Fsp3) is 0.273. The maximum Gasteiger partial charge on any atom is 0.174 e. The molecule has 1 aromatic carbocycles. The molecule has 0 unspecified atom stereocenters. The van der Waals surface area contributed by atoms with Crippen LogP contribution in [0.3, 0.4) is 0 Å². The molecular formula is C22H23N3OS2. The van der Waals surface area contributed by atoms with Crippen molar-refractivity contribution in [3.8, 4) is 5.75 Å². The minimum atomic E-state index is -0.00218. The molecule has 144 valence electrons. The molecule has 1 saturated heterocycles. The quantitative estimate of drug-likeness (QED) is 0.570. The first-order valence-corrected chi connectivity index (χ1v) is 10.6. The zero-order chi connectivity index (χ0) is 19.7. The number of hydrogen-bond donors (Lipinski definition) is 1. The van der Waals surface area contributed by atoms with Crippen LogP contribution in [0.25, 0.3) is 0 Å². The standard InChI is InChI=1S/C22H23N3OS2/c1-14(2)26-17-9-7-16(8-10-17)25-20(21-15(3)11-13-28-21)19(24-22(25)27)18-6-4-5-12-23-18/h4-14,19-20H,1-3H3,(H,24,27)/t19-,20-/m1/s1. The Morgan fingerprint density at radius 1 is 1.14 bits per heavy atom. The van der Waals surface area contributed by atoms with Gasteiger partial charge in [-0.15, -0.1) is 11.3 Å². The molecule has 0 spiro atoms. The Morgan fingerprint density at radius 2 is 1.93 bits per heavy atom. The van der Waals surface area contributed by atoms with E-state index in [9.17, 15) is 0 Å². The molecule has 2 atom stereocenters. The van der Waals surface area contributed by atoms with E-state index in [1.165, 1.54) is 10.4 Å². The second kappa shape index (κ2) is 7.89. The summed E-state index contributed by atoms with van der Waals surface area (Å²) in [6.45, 7) is 6.21. The van der Waals surface area contributed by atoms with Crippen molar-refractivity contribution in [1.82, 2.24) is 10.3 Å². The van der Waals surface area contributed by atoms with E-state index in [0.717, 1.165) is 17.1 Å². The normalized spacial score (nSPS) is 19.1. The average molecular weight is 410 g/mol. The number of hydrogen-bond acceptors (Lipinski definition) is 4. The highest BCUT2D eigenvalue weighted by Crippen LogP contribution is 2.44. The molecule has 3 aromatic rings. The third kappa shape index (κ3) is 3.62. The van der Waals surface area contributed by atoms with Crippen LogP contribution in [-0.2, 0) is 0 Å². The van der Waals surface area contributed by atoms with Crippen LogP contribution in [0.1, 0.15) is 42.1 Å². The van der Waals surface area contributed by atoms with Crippen molar-refractivity contribution in [3.63, 3.8) is 0 Å². The van der Waals surface area contributed by atoms with E-state index in [2.05, 4.69) is 51.8 Å². The van der Waals surface area contributed by atoms with Gasteiger partial charge in [0, 0.05) is 16.8 Å². The molecule has 1 aliphatic heterocycles. The maximum atomic E-state index is 5.79. The SMILES string of the molecule is Cc1ccsc1[C@H]1[C@@H](c2ccccn2)NC(=S)N1c1ccc(OC(C)C)cc1. The van der Waals surface area contributed by atoms with Crippen molar-refractivity contribution < 1.29 is 4.74 Å². The van der Waals surface area contributed by atoms with Gasteiger partial charge in [-0.1, -0.05) is 6.07 Å². The second-order valence-electron chi connectivity index (χ2n) is 7.12. The lowest BCUT2D eigenvalue weighted by molar-refractivity contribution is 0.242. The predicted octanol–water partition coefficient (Wildman–Crippen LogP) is 5.42. The maximum absolute atomic E-state index is 5.79. The van der Waals surface area contributed by atoms with Gasteiger partial charge >= 0.3 is 0 Å². The van der Waals surface area contributed by atoms with Gasteiger partial charge in [0.1, 0.15) is 5.75 Å². The predicted molar refractivity (Wildman–Crippen MR) is 119 cm³/mol. The molecule has 0 saturated carbocycles. The van der Waals surface area contributed by atoms with Crippen LogP contribution in [0.15, 0.2) is 60.1 Å². The fourth-order valence-electron chi connectivity index (χ4n) is 3.54. The van der Waals surface area contributed by atoms with Crippen LogP contribution in [0.5, 0.6) is 5.75 Å². The number of rotatable bonds is 5. The van der Waals surface area contributed by atoms with Gasteiger partial charge in [-0.25, -0.2) is 0 Å². The van der Waals surface area contributed by atoms with Crippen LogP contribution in [0, 0.1) is 6.92 Å². The molecule has 1 N–H and O–H groups in total. The summed E-state index contributed by atoms with van der Waals surface area (Å²) in [6.07, 6.45) is 1.98. The van der Waals surface area contributed by atoms with Gasteiger partial charge in [0.2, 0.25) is 0 Å². The lowest BCUT2D eigenvalue weighted by Crippen LogP contribution is -2.29. The van der Waals surface area contributed by atoms with Crippen molar-refractivity contribution in [1.29, 1.82) is 0 Å². The number of benzene rings is 1. The molecule has 0 radical (unpaired) electrons. The van der Waals surface area contributed by atoms with Gasteiger partial charge in [0.05, 0.1) is 23.9 Å². The van der Waals surface area contributed by atoms with Crippen molar-refractivity contribution >= 4 is 34.4 Å². The lowest BCUT2D eigenvalue weighted by Gasteiger charge is -2.27. The van der Waals surface area contributed by atoms with Crippen LogP contribution >= 0.6 is 23.6 Å². The van der Waals surface area contributed by atoms with Gasteiger partial charge < -0.3 is 15.0 Å². The first-order valence-electron chi connectivity index (χ1n) is 9.36. The number of aryl methyl sites for hydroxylation is 1. The number of nitrogens with one attached hydrogen (secondary N) is 1. The molecule has 1 fully saturated rings. The van der Waals surface area contributed by atoms with Crippen molar-refractivity contribution in [3.05, 3.63) is 76.2 Å². The number of nitrogens with zero attached hydrogens (tertiary/aromatic N) is 2. The Labute approximate surface area is 175 Å². The number of aromatic nitrogens is 1. The third-order valence-corrected chi connectivity index (χ3v) is 6.16. The molecule has 28 heavy (non-hydrogen) atoms. The van der Waals surface area contributed by atoms with E-state index < -0.39 is 0 Å². The Bertz CT molecular complexity index is 953. The lowest BCUT2D eigenvalue weighted by atomic mass is 10.0. The minimum absolute atomic E-state index is 0.00218. The molecule has 1 aliphatic rings. The van der Waals surface area contributed by atoms with Gasteiger partial charge in [-0.2, -0.15) is 0 Å². The van der Waals surface area contributed by atoms with E-state index in [-0.39, 0.29) is 18.2 Å². The Kier molecular flexibility index (Phi) is 5.33. The van der Waals surface area contributed by atoms with Crippen LogP contribution in [-0.4, -0.2) is 16.2 Å². The Morgan fingerprint density at radius 3 is 2.54 bits per heavy atom. The topological polar surface area (TPSA) is 37.4 Å². The Balaban J connectivity index is 1.74. The fourth-order valence-corrected chi connectivity index (χ4v) is 4.94.